The fourth-order valence-corrected chi connectivity index (χ4v) is 7.15. The summed E-state index contributed by atoms with van der Waals surface area (Å²) in [5.41, 5.74) is 7.61. The molecule has 1 amide bonds. The topological polar surface area (TPSA) is 80.7 Å². The molecule has 1 unspecified atom stereocenters. The minimum Gasteiger partial charge on any atom is -0.484 e. The van der Waals surface area contributed by atoms with Crippen LogP contribution in [0.5, 0.6) is 5.75 Å². The molecule has 0 aromatic heterocycles. The molecular weight excluding hydrogens is 611 g/mol. The summed E-state index contributed by atoms with van der Waals surface area (Å²) < 4.78 is 10.8. The molecule has 0 saturated carbocycles. The van der Waals surface area contributed by atoms with Gasteiger partial charge in [0.1, 0.15) is 5.75 Å². The van der Waals surface area contributed by atoms with Crippen molar-refractivity contribution < 1.29 is 23.9 Å². The standard InChI is InChI=1S/C38H39N3O5S/c1-3-44-37(43)25-46-39-27(2)28-15-17-29(18-16-28)30-10-8-11-32(23-30)45-24-36(42)40-19-21-41(22-20-40)38-33-12-5-4-9-31(33)26-47-35-14-7-6-13-34(35)38/h4-18,23,38H,3,19-22,24-26H2,1-2H3. The first-order valence-electron chi connectivity index (χ1n) is 16.0. The summed E-state index contributed by atoms with van der Waals surface area (Å²) in [6.07, 6.45) is 0. The van der Waals surface area contributed by atoms with Crippen molar-refractivity contribution in [2.24, 2.45) is 5.16 Å². The van der Waals surface area contributed by atoms with E-state index in [0.29, 0.717) is 31.2 Å². The highest BCUT2D eigenvalue weighted by atomic mass is 32.2. The van der Waals surface area contributed by atoms with Gasteiger partial charge in [0, 0.05) is 36.8 Å². The molecule has 0 bridgehead atoms. The van der Waals surface area contributed by atoms with E-state index in [0.717, 1.165) is 35.5 Å². The number of amides is 1. The molecule has 8 nitrogen and oxygen atoms in total. The van der Waals surface area contributed by atoms with Crippen LogP contribution in [0.15, 0.2) is 107 Å². The Morgan fingerprint density at radius 3 is 2.36 bits per heavy atom. The average Bonchev–Trinajstić information content (AvgIpc) is 3.28. The molecular formula is C38H39N3O5S. The van der Waals surface area contributed by atoms with E-state index >= 15 is 0 Å². The number of benzene rings is 4. The zero-order valence-corrected chi connectivity index (χ0v) is 27.6. The third kappa shape index (κ3) is 7.86. The number of hydrogen-bond acceptors (Lipinski definition) is 8. The molecule has 1 saturated heterocycles. The molecule has 2 aliphatic rings. The molecule has 6 rings (SSSR count). The number of hydrogen-bond donors (Lipinski definition) is 0. The number of nitrogens with zero attached hydrogens (tertiary/aromatic N) is 3. The van der Waals surface area contributed by atoms with Gasteiger partial charge in [-0.1, -0.05) is 84.0 Å². The van der Waals surface area contributed by atoms with Gasteiger partial charge in [-0.25, -0.2) is 4.79 Å². The Hall–Kier alpha value is -4.60. The average molecular weight is 650 g/mol. The van der Waals surface area contributed by atoms with Crippen LogP contribution in [-0.2, 0) is 24.9 Å². The maximum Gasteiger partial charge on any atom is 0.347 e. The third-order valence-corrected chi connectivity index (χ3v) is 9.64. The molecule has 1 fully saturated rings. The highest BCUT2D eigenvalue weighted by Gasteiger charge is 2.32. The van der Waals surface area contributed by atoms with Crippen LogP contribution >= 0.6 is 11.8 Å². The van der Waals surface area contributed by atoms with E-state index < -0.39 is 5.97 Å². The van der Waals surface area contributed by atoms with E-state index in [1.807, 2.05) is 72.1 Å². The number of oxime groups is 1. The van der Waals surface area contributed by atoms with Gasteiger partial charge in [0.25, 0.3) is 5.91 Å². The molecule has 0 N–H and O–H groups in total. The van der Waals surface area contributed by atoms with Gasteiger partial charge in [0.2, 0.25) is 6.61 Å². The quantitative estimate of drug-likeness (QED) is 0.109. The van der Waals surface area contributed by atoms with Gasteiger partial charge in [-0.15, -0.1) is 11.8 Å². The van der Waals surface area contributed by atoms with Crippen LogP contribution < -0.4 is 4.74 Å². The van der Waals surface area contributed by atoms with Gasteiger partial charge in [0.15, 0.2) is 6.61 Å². The second-order valence-corrected chi connectivity index (χ2v) is 12.5. The van der Waals surface area contributed by atoms with Gasteiger partial charge in [-0.2, -0.15) is 0 Å². The molecule has 47 heavy (non-hydrogen) atoms. The highest BCUT2D eigenvalue weighted by Crippen LogP contribution is 2.42. The van der Waals surface area contributed by atoms with Gasteiger partial charge in [-0.3, -0.25) is 9.69 Å². The van der Waals surface area contributed by atoms with Crippen LogP contribution in [-0.4, -0.2) is 73.4 Å². The predicted octanol–water partition coefficient (Wildman–Crippen LogP) is 6.58. The fraction of sp³-hybridized carbons (Fsp3) is 0.289. The van der Waals surface area contributed by atoms with Gasteiger partial charge >= 0.3 is 5.97 Å². The normalized spacial score (nSPS) is 16.4. The number of thioether (sulfide) groups is 1. The van der Waals surface area contributed by atoms with E-state index in [1.54, 1.807) is 6.92 Å². The van der Waals surface area contributed by atoms with Crippen LogP contribution in [0, 0.1) is 0 Å². The van der Waals surface area contributed by atoms with Crippen molar-refractivity contribution in [1.29, 1.82) is 0 Å². The lowest BCUT2D eigenvalue weighted by Crippen LogP contribution is -2.51. The summed E-state index contributed by atoms with van der Waals surface area (Å²) in [4.78, 5) is 35.6. The lowest BCUT2D eigenvalue weighted by atomic mass is 9.93. The maximum absolute atomic E-state index is 13.2. The Morgan fingerprint density at radius 1 is 0.830 bits per heavy atom. The Labute approximate surface area is 280 Å². The summed E-state index contributed by atoms with van der Waals surface area (Å²) in [6.45, 7) is 6.58. The molecule has 2 heterocycles. The van der Waals surface area contributed by atoms with Crippen molar-refractivity contribution in [3.8, 4) is 16.9 Å². The van der Waals surface area contributed by atoms with E-state index in [4.69, 9.17) is 14.3 Å². The zero-order valence-electron chi connectivity index (χ0n) is 26.8. The second kappa shape index (κ2) is 15.3. The van der Waals surface area contributed by atoms with Gasteiger partial charge in [0.05, 0.1) is 18.4 Å². The Morgan fingerprint density at radius 2 is 1.57 bits per heavy atom. The minimum absolute atomic E-state index is 0.00318. The van der Waals surface area contributed by atoms with Crippen molar-refractivity contribution >= 4 is 29.4 Å². The van der Waals surface area contributed by atoms with Crippen LogP contribution in [0.2, 0.25) is 0 Å². The van der Waals surface area contributed by atoms with Crippen LogP contribution in [0.4, 0.5) is 0 Å². The largest absolute Gasteiger partial charge is 0.484 e. The molecule has 0 radical (unpaired) electrons. The Kier molecular flexibility index (Phi) is 10.5. The summed E-state index contributed by atoms with van der Waals surface area (Å²) in [5.74, 6) is 1.16. The lowest BCUT2D eigenvalue weighted by molar-refractivity contribution is -0.148. The molecule has 4 aromatic carbocycles. The summed E-state index contributed by atoms with van der Waals surface area (Å²) in [6, 6.07) is 33.3. The molecule has 242 valence electrons. The van der Waals surface area contributed by atoms with E-state index in [-0.39, 0.29) is 25.2 Å². The Balaban J connectivity index is 1.04. The molecule has 9 heteroatoms. The number of fused-ring (bicyclic) bond motifs is 2. The van der Waals surface area contributed by atoms with Crippen molar-refractivity contribution in [2.75, 3.05) is 46.0 Å². The first-order valence-corrected chi connectivity index (χ1v) is 17.0. The van der Waals surface area contributed by atoms with Crippen molar-refractivity contribution in [3.63, 3.8) is 0 Å². The number of carbonyl (C=O) groups is 2. The number of rotatable bonds is 10. The monoisotopic (exact) mass is 649 g/mol. The van der Waals surface area contributed by atoms with Gasteiger partial charge in [-0.05, 0) is 65.4 Å². The van der Waals surface area contributed by atoms with Crippen molar-refractivity contribution in [3.05, 3.63) is 119 Å². The molecule has 1 atom stereocenters. The predicted molar refractivity (Wildman–Crippen MR) is 185 cm³/mol. The lowest BCUT2D eigenvalue weighted by Gasteiger charge is -2.40. The highest BCUT2D eigenvalue weighted by molar-refractivity contribution is 7.98. The number of carbonyl (C=O) groups excluding carboxylic acids is 2. The Bertz CT molecular complexity index is 1690. The maximum atomic E-state index is 13.2. The summed E-state index contributed by atoms with van der Waals surface area (Å²) in [5, 5.41) is 4.02. The number of ether oxygens (including phenoxy) is 2. The number of piperazine rings is 1. The van der Waals surface area contributed by atoms with Gasteiger partial charge < -0.3 is 19.2 Å². The first-order chi connectivity index (χ1) is 23.0. The molecule has 2 aliphatic heterocycles. The zero-order chi connectivity index (χ0) is 32.6. The van der Waals surface area contributed by atoms with Crippen LogP contribution in [0.3, 0.4) is 0 Å². The van der Waals surface area contributed by atoms with Crippen LogP contribution in [0.25, 0.3) is 11.1 Å². The van der Waals surface area contributed by atoms with E-state index in [2.05, 4.69) is 58.6 Å². The molecule has 0 aliphatic carbocycles. The summed E-state index contributed by atoms with van der Waals surface area (Å²) >= 11 is 1.91. The molecule has 0 spiro atoms. The second-order valence-electron chi connectivity index (χ2n) is 11.5. The SMILES string of the molecule is CCOC(=O)CON=C(C)c1ccc(-c2cccc(OCC(=O)N3CCN(C4c5ccccc5CSc5ccccc54)CC3)c2)cc1. The van der Waals surface area contributed by atoms with Crippen molar-refractivity contribution in [1.82, 2.24) is 9.80 Å². The smallest absolute Gasteiger partial charge is 0.347 e. The summed E-state index contributed by atoms with van der Waals surface area (Å²) in [7, 11) is 0. The number of esters is 1. The van der Waals surface area contributed by atoms with Crippen LogP contribution in [0.1, 0.15) is 42.1 Å². The third-order valence-electron chi connectivity index (χ3n) is 8.50. The van der Waals surface area contributed by atoms with Crippen molar-refractivity contribution in [2.45, 2.75) is 30.5 Å². The minimum atomic E-state index is -0.451. The molecule has 4 aromatic rings. The fourth-order valence-electron chi connectivity index (χ4n) is 6.06. The van der Waals surface area contributed by atoms with E-state index in [1.165, 1.54) is 21.6 Å². The first kappa shape index (κ1) is 32.3. The van der Waals surface area contributed by atoms with E-state index in [9.17, 15) is 9.59 Å².